The van der Waals surface area contributed by atoms with Crippen LogP contribution in [0.1, 0.15) is 35.8 Å². The van der Waals surface area contributed by atoms with Gasteiger partial charge in [0, 0.05) is 26.2 Å². The van der Waals surface area contributed by atoms with Gasteiger partial charge in [0.15, 0.2) is 0 Å². The maximum Gasteiger partial charge on any atom is 0.341 e. The fourth-order valence-corrected chi connectivity index (χ4v) is 1.71. The van der Waals surface area contributed by atoms with Crippen molar-refractivity contribution in [3.63, 3.8) is 0 Å². The molecule has 0 N–H and O–H groups in total. The van der Waals surface area contributed by atoms with E-state index in [0.29, 0.717) is 43.2 Å². The molecule has 0 unspecified atom stereocenters. The van der Waals surface area contributed by atoms with Crippen molar-refractivity contribution in [1.82, 2.24) is 9.97 Å². The van der Waals surface area contributed by atoms with E-state index in [1.165, 1.54) is 13.3 Å². The minimum Gasteiger partial charge on any atom is -0.469 e. The van der Waals surface area contributed by atoms with Crippen molar-refractivity contribution in [3.8, 4) is 0 Å². The second kappa shape index (κ2) is 8.18. The maximum atomic E-state index is 11.7. The third-order valence-electron chi connectivity index (χ3n) is 2.91. The summed E-state index contributed by atoms with van der Waals surface area (Å²) in [6.07, 6.45) is 2.46. The lowest BCUT2D eigenvalue weighted by atomic mass is 10.2. The molecule has 0 fully saturated rings. The third-order valence-corrected chi connectivity index (χ3v) is 2.91. The summed E-state index contributed by atoms with van der Waals surface area (Å²) in [6.45, 7) is 4.41. The van der Waals surface area contributed by atoms with Crippen LogP contribution in [0.15, 0.2) is 6.20 Å². The summed E-state index contributed by atoms with van der Waals surface area (Å²) >= 11 is 0. The first-order valence-corrected chi connectivity index (χ1v) is 6.78. The number of aryl methyl sites for hydroxylation is 1. The summed E-state index contributed by atoms with van der Waals surface area (Å²) in [5, 5.41) is 0. The van der Waals surface area contributed by atoms with Gasteiger partial charge in [-0.2, -0.15) is 0 Å². The van der Waals surface area contributed by atoms with Gasteiger partial charge < -0.3 is 14.4 Å². The van der Waals surface area contributed by atoms with E-state index in [-0.39, 0.29) is 5.97 Å². The largest absolute Gasteiger partial charge is 0.469 e. The SMILES string of the molecule is CCOC(=O)c1cnc(N(C)CCCC(=O)OC)nc1C. The Kier molecular flexibility index (Phi) is 6.58. The van der Waals surface area contributed by atoms with Crippen LogP contribution in [0.4, 0.5) is 5.95 Å². The van der Waals surface area contributed by atoms with E-state index >= 15 is 0 Å². The Morgan fingerprint density at radius 2 is 2.10 bits per heavy atom. The van der Waals surface area contributed by atoms with Crippen molar-refractivity contribution in [1.29, 1.82) is 0 Å². The second-order valence-electron chi connectivity index (χ2n) is 4.49. The summed E-state index contributed by atoms with van der Waals surface area (Å²) < 4.78 is 9.51. The molecule has 0 amide bonds. The summed E-state index contributed by atoms with van der Waals surface area (Å²) in [7, 11) is 3.20. The van der Waals surface area contributed by atoms with E-state index in [4.69, 9.17) is 4.74 Å². The van der Waals surface area contributed by atoms with Crippen LogP contribution < -0.4 is 4.90 Å². The summed E-state index contributed by atoms with van der Waals surface area (Å²) in [4.78, 5) is 33.0. The van der Waals surface area contributed by atoms with Gasteiger partial charge >= 0.3 is 11.9 Å². The number of methoxy groups -OCH3 is 1. The molecular weight excluding hydrogens is 274 g/mol. The number of nitrogens with zero attached hydrogens (tertiary/aromatic N) is 3. The van der Waals surface area contributed by atoms with Gasteiger partial charge in [-0.15, -0.1) is 0 Å². The highest BCUT2D eigenvalue weighted by Crippen LogP contribution is 2.12. The number of hydrogen-bond donors (Lipinski definition) is 0. The zero-order valence-electron chi connectivity index (χ0n) is 12.9. The van der Waals surface area contributed by atoms with Crippen molar-refractivity contribution < 1.29 is 19.1 Å². The summed E-state index contributed by atoms with van der Waals surface area (Å²) in [5.74, 6) is -0.154. The molecule has 0 bridgehead atoms. The van der Waals surface area contributed by atoms with Gasteiger partial charge in [0.05, 0.1) is 25.0 Å². The fourth-order valence-electron chi connectivity index (χ4n) is 1.71. The van der Waals surface area contributed by atoms with Gasteiger partial charge in [-0.3, -0.25) is 4.79 Å². The zero-order valence-corrected chi connectivity index (χ0v) is 12.9. The Hall–Kier alpha value is -2.18. The van der Waals surface area contributed by atoms with E-state index in [1.54, 1.807) is 13.8 Å². The smallest absolute Gasteiger partial charge is 0.341 e. The molecule has 0 aliphatic heterocycles. The van der Waals surface area contributed by atoms with Crippen molar-refractivity contribution in [2.75, 3.05) is 32.2 Å². The highest BCUT2D eigenvalue weighted by Gasteiger charge is 2.14. The molecule has 1 rings (SSSR count). The Labute approximate surface area is 124 Å². The van der Waals surface area contributed by atoms with E-state index < -0.39 is 5.97 Å². The monoisotopic (exact) mass is 295 g/mol. The predicted molar refractivity (Wildman–Crippen MR) is 77.2 cm³/mol. The first-order valence-electron chi connectivity index (χ1n) is 6.78. The van der Waals surface area contributed by atoms with E-state index in [9.17, 15) is 9.59 Å². The number of aromatic nitrogens is 2. The van der Waals surface area contributed by atoms with Gasteiger partial charge in [0.25, 0.3) is 0 Å². The number of carbonyl (C=O) groups excluding carboxylic acids is 2. The van der Waals surface area contributed by atoms with Crippen LogP contribution in [-0.4, -0.2) is 49.2 Å². The molecule has 7 heteroatoms. The molecule has 0 spiro atoms. The molecule has 0 radical (unpaired) electrons. The van der Waals surface area contributed by atoms with Crippen molar-refractivity contribution >= 4 is 17.9 Å². The topological polar surface area (TPSA) is 81.6 Å². The Bertz CT molecular complexity index is 505. The normalized spacial score (nSPS) is 10.1. The average Bonchev–Trinajstić information content (AvgIpc) is 2.46. The number of esters is 2. The van der Waals surface area contributed by atoms with Crippen LogP contribution in [0.3, 0.4) is 0 Å². The summed E-state index contributed by atoms with van der Waals surface area (Å²) in [5.41, 5.74) is 0.932. The molecular formula is C14H21N3O4. The molecule has 0 saturated heterocycles. The van der Waals surface area contributed by atoms with E-state index in [1.807, 2.05) is 11.9 Å². The van der Waals surface area contributed by atoms with Crippen LogP contribution in [0.2, 0.25) is 0 Å². The van der Waals surface area contributed by atoms with E-state index in [2.05, 4.69) is 14.7 Å². The number of carbonyl (C=O) groups is 2. The number of hydrogen-bond acceptors (Lipinski definition) is 7. The van der Waals surface area contributed by atoms with Gasteiger partial charge in [-0.25, -0.2) is 14.8 Å². The lowest BCUT2D eigenvalue weighted by Gasteiger charge is -2.17. The van der Waals surface area contributed by atoms with Crippen molar-refractivity contribution in [2.45, 2.75) is 26.7 Å². The molecule has 7 nitrogen and oxygen atoms in total. The Morgan fingerprint density at radius 3 is 2.67 bits per heavy atom. The third kappa shape index (κ3) is 5.02. The predicted octanol–water partition coefficient (Wildman–Crippen LogP) is 1.35. The molecule has 1 heterocycles. The standard InChI is InChI=1S/C14H21N3O4/c1-5-21-13(19)11-9-15-14(16-10(11)2)17(3)8-6-7-12(18)20-4/h9H,5-8H2,1-4H3. The van der Waals surface area contributed by atoms with Crippen LogP contribution in [0.25, 0.3) is 0 Å². The molecule has 21 heavy (non-hydrogen) atoms. The first-order chi connectivity index (χ1) is 9.99. The maximum absolute atomic E-state index is 11.7. The Morgan fingerprint density at radius 1 is 1.38 bits per heavy atom. The van der Waals surface area contributed by atoms with E-state index in [0.717, 1.165) is 0 Å². The number of rotatable bonds is 7. The fraction of sp³-hybridized carbons (Fsp3) is 0.571. The molecule has 1 aromatic rings. The average molecular weight is 295 g/mol. The highest BCUT2D eigenvalue weighted by molar-refractivity contribution is 5.90. The highest BCUT2D eigenvalue weighted by atomic mass is 16.5. The van der Waals surface area contributed by atoms with Crippen molar-refractivity contribution in [3.05, 3.63) is 17.5 Å². The molecule has 116 valence electrons. The number of ether oxygens (including phenoxy) is 2. The molecule has 0 aliphatic carbocycles. The lowest BCUT2D eigenvalue weighted by Crippen LogP contribution is -2.23. The molecule has 0 aliphatic rings. The quantitative estimate of drug-likeness (QED) is 0.702. The van der Waals surface area contributed by atoms with Gasteiger partial charge in [-0.05, 0) is 20.3 Å². The lowest BCUT2D eigenvalue weighted by molar-refractivity contribution is -0.140. The van der Waals surface area contributed by atoms with Crippen LogP contribution in [-0.2, 0) is 14.3 Å². The van der Waals surface area contributed by atoms with Crippen LogP contribution >= 0.6 is 0 Å². The first kappa shape index (κ1) is 16.9. The van der Waals surface area contributed by atoms with Crippen LogP contribution in [0.5, 0.6) is 0 Å². The second-order valence-corrected chi connectivity index (χ2v) is 4.49. The zero-order chi connectivity index (χ0) is 15.8. The summed E-state index contributed by atoms with van der Waals surface area (Å²) in [6, 6.07) is 0. The van der Waals surface area contributed by atoms with Gasteiger partial charge in [0.2, 0.25) is 5.95 Å². The number of anilines is 1. The molecule has 1 aromatic heterocycles. The Balaban J connectivity index is 2.65. The van der Waals surface area contributed by atoms with Gasteiger partial charge in [0.1, 0.15) is 0 Å². The molecule has 0 saturated carbocycles. The molecule has 0 atom stereocenters. The van der Waals surface area contributed by atoms with Crippen molar-refractivity contribution in [2.24, 2.45) is 0 Å². The minimum atomic E-state index is -0.421. The minimum absolute atomic E-state index is 0.238. The van der Waals surface area contributed by atoms with Gasteiger partial charge in [-0.1, -0.05) is 0 Å². The molecule has 0 aromatic carbocycles. The van der Waals surface area contributed by atoms with Crippen LogP contribution in [0, 0.1) is 6.92 Å².